The van der Waals surface area contributed by atoms with Gasteiger partial charge in [-0.1, -0.05) is 12.1 Å². The number of hydrogen-bond acceptors (Lipinski definition) is 5. The standard InChI is InChI=1S/C26H32N4O3/c1-5-29(6-2)26(31)19-9-7-18(8-10-19)25-22-14-24(33-4)23(32-3)13-20(22)11-12-30(25)16-21-15-27-17-28-21/h7-10,13-15,17,25H,5-6,11-12,16H2,1-4H3,(H,27,28). The van der Waals surface area contributed by atoms with E-state index < -0.39 is 0 Å². The summed E-state index contributed by atoms with van der Waals surface area (Å²) >= 11 is 0. The van der Waals surface area contributed by atoms with Gasteiger partial charge in [-0.15, -0.1) is 0 Å². The molecular weight excluding hydrogens is 416 g/mol. The predicted octanol–water partition coefficient (Wildman–Crippen LogP) is 4.06. The molecule has 33 heavy (non-hydrogen) atoms. The van der Waals surface area contributed by atoms with Gasteiger partial charge < -0.3 is 19.4 Å². The minimum atomic E-state index is 0.0226. The highest BCUT2D eigenvalue weighted by Gasteiger charge is 2.31. The second-order valence-corrected chi connectivity index (χ2v) is 8.21. The molecule has 1 amide bonds. The third-order valence-electron chi connectivity index (χ3n) is 6.43. The van der Waals surface area contributed by atoms with Gasteiger partial charge in [-0.25, -0.2) is 4.98 Å². The Morgan fingerprint density at radius 3 is 2.42 bits per heavy atom. The molecule has 0 fully saturated rings. The van der Waals surface area contributed by atoms with Crippen molar-refractivity contribution in [3.05, 3.63) is 76.9 Å². The predicted molar refractivity (Wildman–Crippen MR) is 128 cm³/mol. The lowest BCUT2D eigenvalue weighted by Gasteiger charge is -2.38. The zero-order valence-corrected chi connectivity index (χ0v) is 19.8. The number of aromatic nitrogens is 2. The minimum absolute atomic E-state index is 0.0226. The van der Waals surface area contributed by atoms with Crippen LogP contribution >= 0.6 is 0 Å². The number of ether oxygens (including phenoxy) is 2. The van der Waals surface area contributed by atoms with E-state index in [1.165, 1.54) is 11.1 Å². The van der Waals surface area contributed by atoms with E-state index in [-0.39, 0.29) is 11.9 Å². The molecule has 0 saturated heterocycles. The van der Waals surface area contributed by atoms with Crippen LogP contribution in [0.3, 0.4) is 0 Å². The lowest BCUT2D eigenvalue weighted by atomic mass is 9.87. The molecule has 2 heterocycles. The van der Waals surface area contributed by atoms with E-state index in [4.69, 9.17) is 9.47 Å². The maximum atomic E-state index is 12.8. The van der Waals surface area contributed by atoms with Crippen LogP contribution in [-0.4, -0.2) is 59.5 Å². The molecule has 7 nitrogen and oxygen atoms in total. The second-order valence-electron chi connectivity index (χ2n) is 8.21. The number of nitrogens with one attached hydrogen (secondary N) is 1. The van der Waals surface area contributed by atoms with Crippen molar-refractivity contribution in [3.63, 3.8) is 0 Å². The molecule has 1 aliphatic rings. The van der Waals surface area contributed by atoms with Gasteiger partial charge in [0, 0.05) is 43.6 Å². The monoisotopic (exact) mass is 448 g/mol. The average Bonchev–Trinajstić information content (AvgIpc) is 3.37. The Labute approximate surface area is 195 Å². The van der Waals surface area contributed by atoms with E-state index in [0.717, 1.165) is 42.3 Å². The van der Waals surface area contributed by atoms with E-state index in [2.05, 4.69) is 39.1 Å². The van der Waals surface area contributed by atoms with E-state index in [1.54, 1.807) is 20.5 Å². The van der Waals surface area contributed by atoms with E-state index in [1.807, 2.05) is 37.1 Å². The second kappa shape index (κ2) is 10.1. The van der Waals surface area contributed by atoms with E-state index >= 15 is 0 Å². The van der Waals surface area contributed by atoms with Crippen LogP contribution in [0.5, 0.6) is 11.5 Å². The highest BCUT2D eigenvalue weighted by atomic mass is 16.5. The number of methoxy groups -OCH3 is 2. The number of H-pyrrole nitrogens is 1. The smallest absolute Gasteiger partial charge is 0.253 e. The fraction of sp³-hybridized carbons (Fsp3) is 0.385. The summed E-state index contributed by atoms with van der Waals surface area (Å²) in [7, 11) is 3.33. The quantitative estimate of drug-likeness (QED) is 0.563. The Bertz CT molecular complexity index is 1080. The highest BCUT2D eigenvalue weighted by molar-refractivity contribution is 5.94. The first-order chi connectivity index (χ1) is 16.1. The number of imidazole rings is 1. The van der Waals surface area contributed by atoms with Gasteiger partial charge in [-0.2, -0.15) is 0 Å². The summed E-state index contributed by atoms with van der Waals surface area (Å²) in [4.78, 5) is 24.5. The summed E-state index contributed by atoms with van der Waals surface area (Å²) in [6, 6.07) is 12.2. The number of amides is 1. The van der Waals surface area contributed by atoms with Gasteiger partial charge in [0.15, 0.2) is 11.5 Å². The number of aromatic amines is 1. The minimum Gasteiger partial charge on any atom is -0.493 e. The Morgan fingerprint density at radius 2 is 1.82 bits per heavy atom. The van der Waals surface area contributed by atoms with Gasteiger partial charge in [-0.05, 0) is 61.2 Å². The molecule has 0 radical (unpaired) electrons. The first kappa shape index (κ1) is 22.9. The zero-order valence-electron chi connectivity index (χ0n) is 19.8. The zero-order chi connectivity index (χ0) is 23.4. The maximum Gasteiger partial charge on any atom is 0.253 e. The summed E-state index contributed by atoms with van der Waals surface area (Å²) < 4.78 is 11.2. The number of benzene rings is 2. The Morgan fingerprint density at radius 1 is 1.12 bits per heavy atom. The number of hydrogen-bond donors (Lipinski definition) is 1. The van der Waals surface area contributed by atoms with Crippen LogP contribution in [0.4, 0.5) is 0 Å². The van der Waals surface area contributed by atoms with Crippen molar-refractivity contribution in [2.24, 2.45) is 0 Å². The van der Waals surface area contributed by atoms with Gasteiger partial charge in [0.25, 0.3) is 5.91 Å². The summed E-state index contributed by atoms with van der Waals surface area (Å²) in [6.45, 7) is 7.05. The third-order valence-corrected chi connectivity index (χ3v) is 6.43. The van der Waals surface area contributed by atoms with Crippen LogP contribution < -0.4 is 9.47 Å². The van der Waals surface area contributed by atoms with Crippen LogP contribution in [0, 0.1) is 0 Å². The number of nitrogens with zero attached hydrogens (tertiary/aromatic N) is 3. The van der Waals surface area contributed by atoms with Gasteiger partial charge >= 0.3 is 0 Å². The van der Waals surface area contributed by atoms with Crippen LogP contribution in [-0.2, 0) is 13.0 Å². The van der Waals surface area contributed by atoms with Crippen molar-refractivity contribution in [3.8, 4) is 11.5 Å². The molecule has 1 aromatic heterocycles. The van der Waals surface area contributed by atoms with Crippen LogP contribution in [0.2, 0.25) is 0 Å². The average molecular weight is 449 g/mol. The molecule has 174 valence electrons. The van der Waals surface area contributed by atoms with Gasteiger partial charge in [0.1, 0.15) is 0 Å². The maximum absolute atomic E-state index is 12.8. The Balaban J connectivity index is 1.74. The van der Waals surface area contributed by atoms with Crippen molar-refractivity contribution >= 4 is 5.91 Å². The molecule has 4 rings (SSSR count). The van der Waals surface area contributed by atoms with Crippen LogP contribution in [0.25, 0.3) is 0 Å². The molecule has 0 saturated carbocycles. The molecule has 1 aliphatic heterocycles. The van der Waals surface area contributed by atoms with Crippen molar-refractivity contribution in [2.75, 3.05) is 33.9 Å². The molecule has 3 aromatic rings. The van der Waals surface area contributed by atoms with E-state index in [9.17, 15) is 4.79 Å². The molecule has 1 N–H and O–H groups in total. The SMILES string of the molecule is CCN(CC)C(=O)c1ccc(C2c3cc(OC)c(OC)cc3CCN2Cc2cnc[nH]2)cc1. The molecule has 7 heteroatoms. The molecule has 0 bridgehead atoms. The van der Waals surface area contributed by atoms with Gasteiger partial charge in [-0.3, -0.25) is 9.69 Å². The van der Waals surface area contributed by atoms with Crippen molar-refractivity contribution in [1.29, 1.82) is 0 Å². The fourth-order valence-electron chi connectivity index (χ4n) is 4.65. The third kappa shape index (κ3) is 4.59. The molecular formula is C26H32N4O3. The molecule has 1 unspecified atom stereocenters. The normalized spacial score (nSPS) is 15.7. The van der Waals surface area contributed by atoms with E-state index in [0.29, 0.717) is 18.7 Å². The van der Waals surface area contributed by atoms with Gasteiger partial charge in [0.05, 0.1) is 26.6 Å². The van der Waals surface area contributed by atoms with Crippen molar-refractivity contribution < 1.29 is 14.3 Å². The number of carbonyl (C=O) groups excluding carboxylic acids is 1. The lowest BCUT2D eigenvalue weighted by molar-refractivity contribution is 0.0773. The number of carbonyl (C=O) groups is 1. The topological polar surface area (TPSA) is 70.7 Å². The summed E-state index contributed by atoms with van der Waals surface area (Å²) in [5, 5.41) is 0. The number of fused-ring (bicyclic) bond motifs is 1. The Hall–Kier alpha value is -3.32. The summed E-state index contributed by atoms with van der Waals surface area (Å²) in [6.07, 6.45) is 4.50. The molecule has 0 spiro atoms. The van der Waals surface area contributed by atoms with Crippen molar-refractivity contribution in [1.82, 2.24) is 19.8 Å². The fourth-order valence-corrected chi connectivity index (χ4v) is 4.65. The van der Waals surface area contributed by atoms with Crippen LogP contribution in [0.15, 0.2) is 48.9 Å². The van der Waals surface area contributed by atoms with Gasteiger partial charge in [0.2, 0.25) is 0 Å². The summed E-state index contributed by atoms with van der Waals surface area (Å²) in [5.41, 5.74) is 5.37. The number of rotatable bonds is 8. The first-order valence-corrected chi connectivity index (χ1v) is 11.4. The van der Waals surface area contributed by atoms with Crippen molar-refractivity contribution in [2.45, 2.75) is 32.9 Å². The van der Waals surface area contributed by atoms with Crippen LogP contribution in [0.1, 0.15) is 52.6 Å². The highest BCUT2D eigenvalue weighted by Crippen LogP contribution is 2.41. The molecule has 0 aliphatic carbocycles. The summed E-state index contributed by atoms with van der Waals surface area (Å²) in [5.74, 6) is 1.53. The molecule has 1 atom stereocenters. The lowest BCUT2D eigenvalue weighted by Crippen LogP contribution is -2.36. The molecule has 2 aromatic carbocycles. The Kier molecular flexibility index (Phi) is 6.99. The first-order valence-electron chi connectivity index (χ1n) is 11.4. The largest absolute Gasteiger partial charge is 0.493 e.